The van der Waals surface area contributed by atoms with Crippen LogP contribution in [-0.2, 0) is 11.3 Å². The Labute approximate surface area is 136 Å². The molecule has 9 heteroatoms. The third-order valence-corrected chi connectivity index (χ3v) is 2.63. The van der Waals surface area contributed by atoms with Gasteiger partial charge in [-0.3, -0.25) is 0 Å². The number of benzene rings is 1. The van der Waals surface area contributed by atoms with Crippen LogP contribution in [0.3, 0.4) is 0 Å². The van der Waals surface area contributed by atoms with Crippen LogP contribution in [0.1, 0.15) is 26.3 Å². The lowest BCUT2D eigenvalue weighted by atomic mass is 10.2. The van der Waals surface area contributed by atoms with E-state index in [2.05, 4.69) is 15.5 Å². The number of carbonyl (C=O) groups is 1. The Morgan fingerprint density at radius 1 is 1.35 bits per heavy atom. The minimum Gasteiger partial charge on any atom is -0.444 e. The smallest absolute Gasteiger partial charge is 0.426 e. The standard InChI is InChI=1S/C14H17ClF3N3O2/c1-13(2,3)23-12(22)19-8-9-5-4-6-10(7-9)20-21-11(15)14(16,17)18/h4-7,11H,8H2,1-3H3,(H,19,22). The van der Waals surface area contributed by atoms with Crippen LogP contribution < -0.4 is 5.32 Å². The van der Waals surface area contributed by atoms with Gasteiger partial charge in [0.05, 0.1) is 5.69 Å². The molecule has 1 unspecified atom stereocenters. The van der Waals surface area contributed by atoms with Crippen molar-refractivity contribution < 1.29 is 22.7 Å². The zero-order chi connectivity index (χ0) is 17.7. The number of amides is 1. The molecular weight excluding hydrogens is 335 g/mol. The van der Waals surface area contributed by atoms with E-state index >= 15 is 0 Å². The van der Waals surface area contributed by atoms with Crippen molar-refractivity contribution in [3.63, 3.8) is 0 Å². The Morgan fingerprint density at radius 2 is 2.00 bits per heavy atom. The maximum atomic E-state index is 12.2. The molecule has 0 fully saturated rings. The van der Waals surface area contributed by atoms with E-state index in [1.807, 2.05) is 0 Å². The lowest BCUT2D eigenvalue weighted by Crippen LogP contribution is -2.32. The van der Waals surface area contributed by atoms with Crippen molar-refractivity contribution in [1.82, 2.24) is 5.32 Å². The van der Waals surface area contributed by atoms with Crippen molar-refractivity contribution in [3.8, 4) is 0 Å². The van der Waals surface area contributed by atoms with E-state index in [1.165, 1.54) is 12.1 Å². The van der Waals surface area contributed by atoms with Crippen LogP contribution in [0.2, 0.25) is 0 Å². The maximum absolute atomic E-state index is 12.2. The summed E-state index contributed by atoms with van der Waals surface area (Å²) in [5, 5.41) is 8.99. The van der Waals surface area contributed by atoms with Gasteiger partial charge in [-0.15, -0.1) is 0 Å². The van der Waals surface area contributed by atoms with E-state index in [-0.39, 0.29) is 12.2 Å². The van der Waals surface area contributed by atoms with Gasteiger partial charge in [0.2, 0.25) is 5.50 Å². The summed E-state index contributed by atoms with van der Waals surface area (Å²) < 4.78 is 41.8. The van der Waals surface area contributed by atoms with E-state index in [0.717, 1.165) is 0 Å². The maximum Gasteiger partial charge on any atom is 0.426 e. The molecule has 0 aromatic heterocycles. The Kier molecular flexibility index (Phi) is 6.37. The second kappa shape index (κ2) is 7.63. The molecule has 0 spiro atoms. The fourth-order valence-electron chi connectivity index (χ4n) is 1.40. The molecule has 0 aliphatic heterocycles. The quantitative estimate of drug-likeness (QED) is 0.475. The number of ether oxygens (including phenoxy) is 1. The zero-order valence-corrected chi connectivity index (χ0v) is 13.6. The third-order valence-electron chi connectivity index (χ3n) is 2.29. The second-order valence-corrected chi connectivity index (χ2v) is 6.03. The normalized spacial score (nSPS) is 13.9. The van der Waals surface area contributed by atoms with Gasteiger partial charge in [-0.25, -0.2) is 4.79 Å². The Morgan fingerprint density at radius 3 is 2.57 bits per heavy atom. The van der Waals surface area contributed by atoms with E-state index in [9.17, 15) is 18.0 Å². The molecule has 5 nitrogen and oxygen atoms in total. The van der Waals surface area contributed by atoms with Gasteiger partial charge in [-0.05, 0) is 38.5 Å². The van der Waals surface area contributed by atoms with Crippen molar-refractivity contribution in [2.75, 3.05) is 0 Å². The van der Waals surface area contributed by atoms with Gasteiger partial charge >= 0.3 is 12.3 Å². The highest BCUT2D eigenvalue weighted by atomic mass is 35.5. The van der Waals surface area contributed by atoms with Crippen molar-refractivity contribution in [2.45, 2.75) is 44.6 Å². The fourth-order valence-corrected chi connectivity index (χ4v) is 1.44. The first kappa shape index (κ1) is 19.2. The van der Waals surface area contributed by atoms with Crippen molar-refractivity contribution in [1.29, 1.82) is 0 Å². The van der Waals surface area contributed by atoms with Gasteiger partial charge in [-0.1, -0.05) is 23.7 Å². The van der Waals surface area contributed by atoms with Crippen LogP contribution in [0, 0.1) is 0 Å². The van der Waals surface area contributed by atoms with Gasteiger partial charge in [0.1, 0.15) is 5.60 Å². The summed E-state index contributed by atoms with van der Waals surface area (Å²) in [5.74, 6) is 0. The Balaban J connectivity index is 2.64. The van der Waals surface area contributed by atoms with E-state index in [1.54, 1.807) is 32.9 Å². The predicted molar refractivity (Wildman–Crippen MR) is 79.7 cm³/mol. The van der Waals surface area contributed by atoms with Gasteiger partial charge in [0.15, 0.2) is 0 Å². The summed E-state index contributed by atoms with van der Waals surface area (Å²) in [6.45, 7) is 5.34. The van der Waals surface area contributed by atoms with Gasteiger partial charge < -0.3 is 10.1 Å². The first-order chi connectivity index (χ1) is 10.5. The van der Waals surface area contributed by atoms with Crippen LogP contribution in [0.4, 0.5) is 23.7 Å². The molecule has 1 rings (SSSR count). The highest BCUT2D eigenvalue weighted by Gasteiger charge is 2.38. The number of halogens is 4. The fraction of sp³-hybridized carbons (Fsp3) is 0.500. The number of azo groups is 1. The number of carbonyl (C=O) groups excluding carboxylic acids is 1. The summed E-state index contributed by atoms with van der Waals surface area (Å²) in [6, 6.07) is 6.22. The number of rotatable bonds is 4. The molecule has 0 aliphatic rings. The summed E-state index contributed by atoms with van der Waals surface area (Å²) in [6.07, 6.45) is -5.25. The Hall–Kier alpha value is -1.83. The number of nitrogens with zero attached hydrogens (tertiary/aromatic N) is 2. The second-order valence-electron chi connectivity index (χ2n) is 5.62. The molecule has 128 valence electrons. The average Bonchev–Trinajstić information content (AvgIpc) is 2.40. The molecule has 0 radical (unpaired) electrons. The summed E-state index contributed by atoms with van der Waals surface area (Å²) >= 11 is 5.05. The molecule has 1 atom stereocenters. The van der Waals surface area contributed by atoms with Crippen molar-refractivity contribution >= 4 is 23.4 Å². The topological polar surface area (TPSA) is 63.0 Å². The van der Waals surface area contributed by atoms with Crippen LogP contribution >= 0.6 is 11.6 Å². The van der Waals surface area contributed by atoms with Crippen molar-refractivity contribution in [3.05, 3.63) is 29.8 Å². The minimum atomic E-state index is -4.65. The lowest BCUT2D eigenvalue weighted by Gasteiger charge is -2.19. The SMILES string of the molecule is CC(C)(C)OC(=O)NCc1cccc(N=NC(Cl)C(F)(F)F)c1. The number of hydrogen-bond donors (Lipinski definition) is 1. The van der Waals surface area contributed by atoms with Crippen molar-refractivity contribution in [2.24, 2.45) is 10.2 Å². The summed E-state index contributed by atoms with van der Waals surface area (Å²) in [7, 11) is 0. The summed E-state index contributed by atoms with van der Waals surface area (Å²) in [5.41, 5.74) is -2.19. The van der Waals surface area contributed by atoms with Crippen LogP contribution in [0.25, 0.3) is 0 Å². The highest BCUT2D eigenvalue weighted by Crippen LogP contribution is 2.27. The average molecular weight is 352 g/mol. The molecular formula is C14H17ClF3N3O2. The van der Waals surface area contributed by atoms with E-state index < -0.39 is 23.4 Å². The molecule has 1 aromatic rings. The van der Waals surface area contributed by atoms with E-state index in [4.69, 9.17) is 16.3 Å². The predicted octanol–water partition coefficient (Wildman–Crippen LogP) is 4.92. The first-order valence-corrected chi connectivity index (χ1v) is 7.08. The molecule has 0 heterocycles. The Bertz CT molecular complexity index is 571. The molecule has 0 saturated carbocycles. The van der Waals surface area contributed by atoms with Gasteiger partial charge in [-0.2, -0.15) is 23.4 Å². The third kappa shape index (κ3) is 7.83. The number of alkyl halides is 4. The molecule has 0 aliphatic carbocycles. The minimum absolute atomic E-state index is 0.141. The highest BCUT2D eigenvalue weighted by molar-refractivity contribution is 6.20. The molecule has 1 aromatic carbocycles. The number of hydrogen-bond acceptors (Lipinski definition) is 4. The molecule has 0 saturated heterocycles. The monoisotopic (exact) mass is 351 g/mol. The zero-order valence-electron chi connectivity index (χ0n) is 12.8. The van der Waals surface area contributed by atoms with Crippen LogP contribution in [0.5, 0.6) is 0 Å². The molecule has 23 heavy (non-hydrogen) atoms. The van der Waals surface area contributed by atoms with Crippen LogP contribution in [-0.4, -0.2) is 23.4 Å². The summed E-state index contributed by atoms with van der Waals surface area (Å²) in [4.78, 5) is 11.5. The van der Waals surface area contributed by atoms with Gasteiger partial charge in [0, 0.05) is 6.54 Å². The van der Waals surface area contributed by atoms with E-state index in [0.29, 0.717) is 5.56 Å². The number of nitrogens with one attached hydrogen (secondary N) is 1. The first-order valence-electron chi connectivity index (χ1n) is 6.65. The van der Waals surface area contributed by atoms with Crippen LogP contribution in [0.15, 0.2) is 34.5 Å². The van der Waals surface area contributed by atoms with Gasteiger partial charge in [0.25, 0.3) is 0 Å². The molecule has 1 amide bonds. The number of alkyl carbamates (subject to hydrolysis) is 1. The molecule has 1 N–H and O–H groups in total. The molecule has 0 bridgehead atoms. The lowest BCUT2D eigenvalue weighted by molar-refractivity contribution is -0.129. The largest absolute Gasteiger partial charge is 0.444 e.